The molecule has 5 nitrogen and oxygen atoms in total. The molecule has 0 aliphatic carbocycles. The van der Waals surface area contributed by atoms with Crippen LogP contribution in [-0.4, -0.2) is 42.9 Å². The number of hydrogen-bond donors (Lipinski definition) is 1. The highest BCUT2D eigenvalue weighted by molar-refractivity contribution is 7.18. The second-order valence-electron chi connectivity index (χ2n) is 4.39. The highest BCUT2D eigenvalue weighted by Crippen LogP contribution is 2.30. The summed E-state index contributed by atoms with van der Waals surface area (Å²) >= 11 is 6.90. The first-order valence-electron chi connectivity index (χ1n) is 5.76. The summed E-state index contributed by atoms with van der Waals surface area (Å²) in [6, 6.07) is 0. The summed E-state index contributed by atoms with van der Waals surface area (Å²) < 4.78 is 5.42. The van der Waals surface area contributed by atoms with Gasteiger partial charge in [-0.2, -0.15) is 0 Å². The Morgan fingerprint density at radius 3 is 3.06 bits per heavy atom. The van der Waals surface area contributed by atoms with Crippen LogP contribution in [0, 0.1) is 5.92 Å². The van der Waals surface area contributed by atoms with E-state index in [4.69, 9.17) is 21.4 Å². The van der Waals surface area contributed by atoms with Gasteiger partial charge in [0.25, 0.3) is 0 Å². The van der Waals surface area contributed by atoms with Gasteiger partial charge in [0.2, 0.25) is 0 Å². The molecule has 1 fully saturated rings. The highest BCUT2D eigenvalue weighted by Gasteiger charge is 2.21. The Kier molecular flexibility index (Phi) is 4.42. The normalized spacial score (nSPS) is 19.8. The zero-order valence-corrected chi connectivity index (χ0v) is 11.6. The number of aromatic nitrogens is 1. The van der Waals surface area contributed by atoms with Crippen LogP contribution in [-0.2, 0) is 4.74 Å². The SMILES string of the molecule is CN(CC1CCCOC1)c1nc(Cl)c(C(=O)O)s1. The number of thiazole rings is 1. The molecule has 7 heteroatoms. The van der Waals surface area contributed by atoms with Crippen LogP contribution >= 0.6 is 22.9 Å². The molecule has 100 valence electrons. The average Bonchev–Trinajstić information content (AvgIpc) is 2.73. The van der Waals surface area contributed by atoms with Crippen molar-refractivity contribution in [3.05, 3.63) is 10.0 Å². The highest BCUT2D eigenvalue weighted by atomic mass is 35.5. The molecule has 18 heavy (non-hydrogen) atoms. The predicted molar refractivity (Wildman–Crippen MR) is 70.9 cm³/mol. The number of nitrogens with zero attached hydrogens (tertiary/aromatic N) is 2. The number of halogens is 1. The van der Waals surface area contributed by atoms with Gasteiger partial charge in [0.1, 0.15) is 0 Å². The first kappa shape index (κ1) is 13.6. The standard InChI is InChI=1S/C11H15ClN2O3S/c1-14(5-7-3-2-4-17-6-7)11-13-9(12)8(18-11)10(15)16/h7H,2-6H2,1H3,(H,15,16). The van der Waals surface area contributed by atoms with Crippen LogP contribution in [0.4, 0.5) is 5.13 Å². The third kappa shape index (κ3) is 3.13. The number of rotatable bonds is 4. The zero-order chi connectivity index (χ0) is 13.1. The van der Waals surface area contributed by atoms with Crippen LogP contribution in [0.15, 0.2) is 0 Å². The molecule has 0 bridgehead atoms. The molecule has 1 N–H and O–H groups in total. The lowest BCUT2D eigenvalue weighted by Crippen LogP contribution is -2.30. The lowest BCUT2D eigenvalue weighted by Gasteiger charge is -2.26. The molecule has 1 aromatic rings. The molecule has 1 unspecified atom stereocenters. The first-order valence-corrected chi connectivity index (χ1v) is 6.96. The molecular formula is C11H15ClN2O3S. The van der Waals surface area contributed by atoms with Gasteiger partial charge >= 0.3 is 5.97 Å². The number of carbonyl (C=O) groups is 1. The first-order chi connectivity index (χ1) is 8.58. The second-order valence-corrected chi connectivity index (χ2v) is 5.72. The Morgan fingerprint density at radius 2 is 2.50 bits per heavy atom. The van der Waals surface area contributed by atoms with Crippen molar-refractivity contribution in [2.24, 2.45) is 5.92 Å². The van der Waals surface area contributed by atoms with Crippen LogP contribution in [0.25, 0.3) is 0 Å². The minimum atomic E-state index is -1.03. The maximum atomic E-state index is 10.9. The summed E-state index contributed by atoms with van der Waals surface area (Å²) in [5.41, 5.74) is 0. The number of aromatic carboxylic acids is 1. The Labute approximate surface area is 114 Å². The van der Waals surface area contributed by atoms with Gasteiger partial charge in [-0.1, -0.05) is 22.9 Å². The number of anilines is 1. The van der Waals surface area contributed by atoms with Crippen molar-refractivity contribution < 1.29 is 14.6 Å². The predicted octanol–water partition coefficient (Wildman–Crippen LogP) is 2.36. The maximum absolute atomic E-state index is 10.9. The molecule has 1 aromatic heterocycles. The number of carboxylic acid groups (broad SMARTS) is 1. The molecule has 1 aliphatic heterocycles. The number of carboxylic acids is 1. The summed E-state index contributed by atoms with van der Waals surface area (Å²) in [5, 5.41) is 9.64. The summed E-state index contributed by atoms with van der Waals surface area (Å²) in [6.45, 7) is 2.41. The van der Waals surface area contributed by atoms with Gasteiger partial charge in [-0.05, 0) is 18.8 Å². The fourth-order valence-electron chi connectivity index (χ4n) is 2.00. The van der Waals surface area contributed by atoms with E-state index in [0.29, 0.717) is 11.0 Å². The van der Waals surface area contributed by atoms with E-state index in [9.17, 15) is 4.79 Å². The van der Waals surface area contributed by atoms with Gasteiger partial charge < -0.3 is 14.7 Å². The van der Waals surface area contributed by atoms with E-state index in [1.54, 1.807) is 0 Å². The van der Waals surface area contributed by atoms with Crippen LogP contribution < -0.4 is 4.90 Å². The molecule has 2 heterocycles. The van der Waals surface area contributed by atoms with E-state index in [2.05, 4.69) is 4.98 Å². The quantitative estimate of drug-likeness (QED) is 0.922. The van der Waals surface area contributed by atoms with E-state index < -0.39 is 5.97 Å². The van der Waals surface area contributed by atoms with Crippen molar-refractivity contribution in [2.45, 2.75) is 12.8 Å². The van der Waals surface area contributed by atoms with Crippen molar-refractivity contribution in [1.82, 2.24) is 4.98 Å². The van der Waals surface area contributed by atoms with Gasteiger partial charge in [-0.15, -0.1) is 0 Å². The van der Waals surface area contributed by atoms with Gasteiger partial charge in [-0.3, -0.25) is 0 Å². The third-order valence-corrected chi connectivity index (χ3v) is 4.43. The molecule has 0 amide bonds. The van der Waals surface area contributed by atoms with Crippen LogP contribution in [0.3, 0.4) is 0 Å². The topological polar surface area (TPSA) is 62.7 Å². The zero-order valence-electron chi connectivity index (χ0n) is 10.1. The van der Waals surface area contributed by atoms with Crippen LogP contribution in [0.1, 0.15) is 22.5 Å². The van der Waals surface area contributed by atoms with E-state index in [1.807, 2.05) is 11.9 Å². The Balaban J connectivity index is 2.01. The molecule has 1 atom stereocenters. The summed E-state index contributed by atoms with van der Waals surface area (Å²) in [6.07, 6.45) is 2.22. The average molecular weight is 291 g/mol. The van der Waals surface area contributed by atoms with Crippen molar-refractivity contribution >= 4 is 34.0 Å². The van der Waals surface area contributed by atoms with E-state index in [1.165, 1.54) is 0 Å². The van der Waals surface area contributed by atoms with Crippen molar-refractivity contribution in [2.75, 3.05) is 31.7 Å². The molecule has 1 aliphatic rings. The maximum Gasteiger partial charge on any atom is 0.349 e. The van der Waals surface area contributed by atoms with E-state index in [0.717, 1.165) is 43.9 Å². The molecule has 0 aromatic carbocycles. The minimum absolute atomic E-state index is 0.0641. The lowest BCUT2D eigenvalue weighted by molar-refractivity contribution is 0.0576. The Bertz CT molecular complexity index is 432. The monoisotopic (exact) mass is 290 g/mol. The summed E-state index contributed by atoms with van der Waals surface area (Å²) in [7, 11) is 1.90. The minimum Gasteiger partial charge on any atom is -0.477 e. The molecule has 0 spiro atoms. The van der Waals surface area contributed by atoms with Crippen molar-refractivity contribution in [3.63, 3.8) is 0 Å². The van der Waals surface area contributed by atoms with Crippen molar-refractivity contribution in [3.8, 4) is 0 Å². The number of hydrogen-bond acceptors (Lipinski definition) is 5. The fraction of sp³-hybridized carbons (Fsp3) is 0.636. The lowest BCUT2D eigenvalue weighted by atomic mass is 10.0. The van der Waals surface area contributed by atoms with Gasteiger partial charge in [0, 0.05) is 20.2 Å². The van der Waals surface area contributed by atoms with Crippen LogP contribution in [0.2, 0.25) is 5.15 Å². The number of ether oxygens (including phenoxy) is 1. The molecule has 1 saturated heterocycles. The van der Waals surface area contributed by atoms with Gasteiger partial charge in [0.15, 0.2) is 15.2 Å². The van der Waals surface area contributed by atoms with Crippen LogP contribution in [0.5, 0.6) is 0 Å². The smallest absolute Gasteiger partial charge is 0.349 e. The molecule has 0 radical (unpaired) electrons. The van der Waals surface area contributed by atoms with Crippen molar-refractivity contribution in [1.29, 1.82) is 0 Å². The van der Waals surface area contributed by atoms with Gasteiger partial charge in [0.05, 0.1) is 6.61 Å². The van der Waals surface area contributed by atoms with E-state index in [-0.39, 0.29) is 10.0 Å². The van der Waals surface area contributed by atoms with Gasteiger partial charge in [-0.25, -0.2) is 9.78 Å². The van der Waals surface area contributed by atoms with E-state index >= 15 is 0 Å². The summed E-state index contributed by atoms with van der Waals surface area (Å²) in [4.78, 5) is 17.0. The summed E-state index contributed by atoms with van der Waals surface area (Å²) in [5.74, 6) is -0.558. The Hall–Kier alpha value is -0.850. The largest absolute Gasteiger partial charge is 0.477 e. The second kappa shape index (κ2) is 5.86. The fourth-order valence-corrected chi connectivity index (χ4v) is 3.10. The third-order valence-electron chi connectivity index (χ3n) is 2.88. The molecule has 2 rings (SSSR count). The Morgan fingerprint density at radius 1 is 1.72 bits per heavy atom. The molecule has 0 saturated carbocycles. The molecular weight excluding hydrogens is 276 g/mol.